The van der Waals surface area contributed by atoms with E-state index < -0.39 is 6.10 Å². The summed E-state index contributed by atoms with van der Waals surface area (Å²) in [6.07, 6.45) is 3.10. The summed E-state index contributed by atoms with van der Waals surface area (Å²) in [5, 5.41) is 12.0. The molecule has 3 unspecified atom stereocenters. The minimum Gasteiger partial charge on any atom is -1.00 e. The summed E-state index contributed by atoms with van der Waals surface area (Å²) in [6, 6.07) is 0. The van der Waals surface area contributed by atoms with E-state index >= 15 is 0 Å². The molecule has 2 aliphatic rings. The maximum atomic E-state index is 12.0. The summed E-state index contributed by atoms with van der Waals surface area (Å²) < 4.78 is 0. The maximum Gasteiger partial charge on any atom is 2.00 e. The summed E-state index contributed by atoms with van der Waals surface area (Å²) in [6.45, 7) is 13.7. The quantitative estimate of drug-likeness (QED) is 0.519. The Morgan fingerprint density at radius 2 is 1.65 bits per heavy atom. The van der Waals surface area contributed by atoms with Gasteiger partial charge in [0.2, 0.25) is 0 Å². The van der Waals surface area contributed by atoms with Gasteiger partial charge in [-0.3, -0.25) is 0 Å². The molecule has 114 valence electrons. The minimum absolute atomic E-state index is 0. The van der Waals surface area contributed by atoms with Gasteiger partial charge < -0.3 is 17.5 Å². The van der Waals surface area contributed by atoms with E-state index in [2.05, 4.69) is 34.6 Å². The number of rotatable bonds is 1. The van der Waals surface area contributed by atoms with Crippen LogP contribution >= 0.6 is 0 Å². The van der Waals surface area contributed by atoms with Gasteiger partial charge in [0.05, 0.1) is 0 Å². The van der Waals surface area contributed by atoms with E-state index in [1.165, 1.54) is 18.4 Å². The van der Waals surface area contributed by atoms with E-state index in [1.54, 1.807) is 5.57 Å². The second-order valence-corrected chi connectivity index (χ2v) is 7.26. The first kappa shape index (κ1) is 23.0. The van der Waals surface area contributed by atoms with Crippen LogP contribution in [0.1, 0.15) is 68.2 Å². The number of allylic oxidation sites excluding steroid dienone is 1. The Balaban J connectivity index is 0. The van der Waals surface area contributed by atoms with Gasteiger partial charge in [-0.15, -0.1) is 6.10 Å². The summed E-state index contributed by atoms with van der Waals surface area (Å²) in [5.74, 6) is 0.928. The summed E-state index contributed by atoms with van der Waals surface area (Å²) in [4.78, 5) is 0. The second-order valence-electron chi connectivity index (χ2n) is 7.26. The van der Waals surface area contributed by atoms with Crippen molar-refractivity contribution in [3.8, 4) is 0 Å². The third kappa shape index (κ3) is 3.23. The van der Waals surface area contributed by atoms with Gasteiger partial charge in [-0.05, 0) is 41.9 Å². The Morgan fingerprint density at radius 1 is 1.15 bits per heavy atom. The Bertz CT molecular complexity index is 358. The van der Waals surface area contributed by atoms with E-state index in [1.807, 2.05) is 6.92 Å². The van der Waals surface area contributed by atoms with Crippen LogP contribution in [0.5, 0.6) is 0 Å². The Morgan fingerprint density at radius 3 is 2.10 bits per heavy atom. The molecule has 0 aliphatic heterocycles. The van der Waals surface area contributed by atoms with Crippen molar-refractivity contribution >= 4 is 23.1 Å². The fraction of sp³-hybridized carbons (Fsp3) is 0.882. The molecule has 3 atom stereocenters. The first-order chi connectivity index (χ1) is 7.70. The first-order valence-electron chi connectivity index (χ1n) is 7.10. The predicted octanol–water partition coefficient (Wildman–Crippen LogP) is 0.793. The van der Waals surface area contributed by atoms with Gasteiger partial charge in [-0.1, -0.05) is 60.1 Å². The molecule has 0 bridgehead atoms. The van der Waals surface area contributed by atoms with Gasteiger partial charge in [0, 0.05) is 0 Å². The molecule has 0 amide bonds. The molecule has 0 aromatic carbocycles. The third-order valence-corrected chi connectivity index (χ3v) is 5.84. The second kappa shape index (κ2) is 7.35. The standard InChI is InChI=1S/C16H27O.CH4.ClH.Mg/c1-10(17)12-8-7-9-13-14(12)16(5,6)11(2)15(13,3)4;;;/h10-12H,7-9H2,1-6H3;1H4;1H;/q-1;;;+2/p-1. The average Bonchev–Trinajstić information content (AvgIpc) is 2.38. The van der Waals surface area contributed by atoms with Crippen LogP contribution in [-0.4, -0.2) is 29.2 Å². The molecule has 0 saturated carbocycles. The molecular weight excluding hydrogens is 280 g/mol. The van der Waals surface area contributed by atoms with E-state index in [4.69, 9.17) is 0 Å². The zero-order valence-corrected chi connectivity index (χ0v) is 15.5. The molecule has 0 radical (unpaired) electrons. The van der Waals surface area contributed by atoms with Crippen molar-refractivity contribution in [1.82, 2.24) is 0 Å². The van der Waals surface area contributed by atoms with Crippen LogP contribution in [0, 0.1) is 22.7 Å². The van der Waals surface area contributed by atoms with Crippen LogP contribution < -0.4 is 17.5 Å². The monoisotopic (exact) mass is 310 g/mol. The molecule has 0 spiro atoms. The molecule has 0 fully saturated rings. The Labute approximate surface area is 148 Å². The average molecular weight is 311 g/mol. The van der Waals surface area contributed by atoms with Crippen LogP contribution in [0.15, 0.2) is 11.1 Å². The van der Waals surface area contributed by atoms with Gasteiger partial charge in [-0.25, -0.2) is 0 Å². The van der Waals surface area contributed by atoms with E-state index in [9.17, 15) is 5.11 Å². The predicted molar refractivity (Wildman–Crippen MR) is 83.0 cm³/mol. The van der Waals surface area contributed by atoms with Crippen molar-refractivity contribution in [1.29, 1.82) is 0 Å². The van der Waals surface area contributed by atoms with Crippen LogP contribution in [0.2, 0.25) is 0 Å². The van der Waals surface area contributed by atoms with Gasteiger partial charge in [0.25, 0.3) is 0 Å². The molecule has 0 N–H and O–H groups in total. The fourth-order valence-electron chi connectivity index (χ4n) is 4.40. The summed E-state index contributed by atoms with van der Waals surface area (Å²) >= 11 is 0. The maximum absolute atomic E-state index is 12.0. The normalized spacial score (nSPS) is 31.4. The van der Waals surface area contributed by atoms with Gasteiger partial charge in [-0.2, -0.15) is 0 Å². The minimum atomic E-state index is -0.444. The molecule has 0 heterocycles. The van der Waals surface area contributed by atoms with Gasteiger partial charge in [0.1, 0.15) is 0 Å². The molecule has 2 aliphatic carbocycles. The SMILES string of the molecule is C.CC([O-])C1CCCC2=C1C(C)(C)C(C)C2(C)C.[Cl-].[Mg+2]. The molecule has 3 heteroatoms. The van der Waals surface area contributed by atoms with E-state index in [0.29, 0.717) is 5.92 Å². The number of hydrogen-bond donors (Lipinski definition) is 0. The van der Waals surface area contributed by atoms with Crippen molar-refractivity contribution in [3.63, 3.8) is 0 Å². The van der Waals surface area contributed by atoms with E-state index in [0.717, 1.165) is 6.42 Å². The molecule has 2 rings (SSSR count). The van der Waals surface area contributed by atoms with Crippen LogP contribution in [0.4, 0.5) is 0 Å². The molecule has 0 saturated heterocycles. The zero-order chi connectivity index (χ0) is 13.0. The topological polar surface area (TPSA) is 23.1 Å². The molecule has 0 aromatic rings. The summed E-state index contributed by atoms with van der Waals surface area (Å²) in [5.41, 5.74) is 3.65. The number of halogens is 1. The number of hydrogen-bond acceptors (Lipinski definition) is 1. The molecule has 1 nitrogen and oxygen atoms in total. The smallest absolute Gasteiger partial charge is 1.00 e. The van der Waals surface area contributed by atoms with Crippen molar-refractivity contribution in [2.45, 2.75) is 74.3 Å². The van der Waals surface area contributed by atoms with Gasteiger partial charge in [0.15, 0.2) is 0 Å². The van der Waals surface area contributed by atoms with Gasteiger partial charge >= 0.3 is 23.1 Å². The molecule has 0 aromatic heterocycles. The third-order valence-electron chi connectivity index (χ3n) is 5.84. The Hall–Kier alpha value is 0.756. The van der Waals surface area contributed by atoms with E-state index in [-0.39, 0.29) is 59.6 Å². The van der Waals surface area contributed by atoms with Crippen molar-refractivity contribution in [2.24, 2.45) is 22.7 Å². The van der Waals surface area contributed by atoms with Crippen LogP contribution in [0.3, 0.4) is 0 Å². The zero-order valence-electron chi connectivity index (χ0n) is 13.3. The van der Waals surface area contributed by atoms with Crippen molar-refractivity contribution in [2.75, 3.05) is 0 Å². The van der Waals surface area contributed by atoms with Crippen LogP contribution in [0.25, 0.3) is 0 Å². The Kier molecular flexibility index (Phi) is 8.46. The molecule has 20 heavy (non-hydrogen) atoms. The molecular formula is C17H31ClMgO. The van der Waals surface area contributed by atoms with Crippen LogP contribution in [-0.2, 0) is 0 Å². The first-order valence-corrected chi connectivity index (χ1v) is 7.10. The summed E-state index contributed by atoms with van der Waals surface area (Å²) in [7, 11) is 0. The largest absolute Gasteiger partial charge is 2.00 e. The fourth-order valence-corrected chi connectivity index (χ4v) is 4.40. The van der Waals surface area contributed by atoms with Crippen molar-refractivity contribution < 1.29 is 17.5 Å². The van der Waals surface area contributed by atoms with Crippen molar-refractivity contribution in [3.05, 3.63) is 11.1 Å².